The number of ether oxygens (including phenoxy) is 1. The minimum atomic E-state index is -4.56. The van der Waals surface area contributed by atoms with Crippen LogP contribution in [0.4, 0.5) is 13.2 Å². The van der Waals surface area contributed by atoms with E-state index >= 15 is 0 Å². The molecule has 0 bridgehead atoms. The molecule has 0 saturated carbocycles. The van der Waals surface area contributed by atoms with E-state index in [9.17, 15) is 18.0 Å². The molecule has 3 heterocycles. The predicted molar refractivity (Wildman–Crippen MR) is 105 cm³/mol. The molecule has 0 radical (unpaired) electrons. The smallest absolute Gasteiger partial charge is 0.416 e. The molecule has 0 aliphatic rings. The van der Waals surface area contributed by atoms with Crippen LogP contribution < -0.4 is 5.73 Å². The number of carbonyl (C=O) groups excluding carboxylic acids is 1. The molecule has 33 heavy (non-hydrogen) atoms. The molecule has 13 heteroatoms. The van der Waals surface area contributed by atoms with E-state index in [1.807, 2.05) is 0 Å². The summed E-state index contributed by atoms with van der Waals surface area (Å²) >= 11 is 0. The first-order valence-corrected chi connectivity index (χ1v) is 9.51. The topological polar surface area (TPSA) is 135 Å². The lowest BCUT2D eigenvalue weighted by Gasteiger charge is -2.07. The van der Waals surface area contributed by atoms with Crippen molar-refractivity contribution in [2.45, 2.75) is 25.7 Å². The quantitative estimate of drug-likeness (QED) is 0.422. The number of methoxy groups -OCH3 is 1. The van der Waals surface area contributed by atoms with Gasteiger partial charge in [-0.15, -0.1) is 0 Å². The number of benzene rings is 1. The Morgan fingerprint density at radius 2 is 2.03 bits per heavy atom. The second kappa shape index (κ2) is 8.86. The monoisotopic (exact) mass is 462 g/mol. The van der Waals surface area contributed by atoms with Crippen LogP contribution in [0, 0.1) is 0 Å². The molecule has 1 amide bonds. The van der Waals surface area contributed by atoms with Gasteiger partial charge in [0.2, 0.25) is 11.8 Å². The summed E-state index contributed by atoms with van der Waals surface area (Å²) in [5.74, 6) is -0.664. The van der Waals surface area contributed by atoms with Crippen molar-refractivity contribution in [3.63, 3.8) is 0 Å². The number of aromatic nitrogens is 5. The van der Waals surface area contributed by atoms with Crippen molar-refractivity contribution in [1.29, 1.82) is 0 Å². The van der Waals surface area contributed by atoms with Crippen LogP contribution in [-0.2, 0) is 30.5 Å². The molecule has 0 atom stereocenters. The van der Waals surface area contributed by atoms with E-state index in [4.69, 9.17) is 19.3 Å². The Kier molecular flexibility index (Phi) is 5.96. The molecular formula is C20H17F3N6O4. The van der Waals surface area contributed by atoms with E-state index < -0.39 is 17.6 Å². The second-order valence-electron chi connectivity index (χ2n) is 6.94. The first-order chi connectivity index (χ1) is 15.7. The zero-order valence-corrected chi connectivity index (χ0v) is 17.2. The van der Waals surface area contributed by atoms with Gasteiger partial charge in [0.25, 0.3) is 5.91 Å². The summed E-state index contributed by atoms with van der Waals surface area (Å²) in [6.45, 7) is 0.471. The first-order valence-electron chi connectivity index (χ1n) is 9.51. The molecule has 10 nitrogen and oxygen atoms in total. The highest BCUT2D eigenvalue weighted by molar-refractivity contribution is 5.96. The molecule has 3 aromatic heterocycles. The van der Waals surface area contributed by atoms with Crippen molar-refractivity contribution in [2.75, 3.05) is 7.11 Å². The Hall–Kier alpha value is -4.00. The minimum Gasteiger partial charge on any atom is -0.446 e. The van der Waals surface area contributed by atoms with E-state index in [2.05, 4.69) is 20.2 Å². The highest BCUT2D eigenvalue weighted by atomic mass is 19.4. The minimum absolute atomic E-state index is 0.0248. The summed E-state index contributed by atoms with van der Waals surface area (Å²) in [6, 6.07) is 4.35. The Morgan fingerprint density at radius 1 is 1.21 bits per heavy atom. The van der Waals surface area contributed by atoms with Crippen LogP contribution >= 0.6 is 0 Å². The van der Waals surface area contributed by atoms with Gasteiger partial charge < -0.3 is 19.3 Å². The van der Waals surface area contributed by atoms with Crippen LogP contribution in [0.2, 0.25) is 0 Å². The van der Waals surface area contributed by atoms with E-state index in [1.165, 1.54) is 29.4 Å². The molecule has 0 fully saturated rings. The summed E-state index contributed by atoms with van der Waals surface area (Å²) < 4.78 is 55.1. The largest absolute Gasteiger partial charge is 0.446 e. The standard InChI is InChI=1S/C20H17F3N6O4/c1-31-9-14-10-32-16(26-14)8-29-25-7-13(28-29)6-15-27-17(19(24)30)18(33-15)11-3-2-4-12(5-11)20(21,22)23/h2-5,7,10H,6,8-9H2,1H3,(H2,24,30). The summed E-state index contributed by atoms with van der Waals surface area (Å²) in [5, 5.41) is 8.38. The van der Waals surface area contributed by atoms with Gasteiger partial charge in [-0.05, 0) is 12.1 Å². The number of nitrogens with zero attached hydrogens (tertiary/aromatic N) is 5. The van der Waals surface area contributed by atoms with E-state index in [0.29, 0.717) is 23.9 Å². The number of alkyl halides is 3. The molecule has 0 aliphatic carbocycles. The summed E-state index contributed by atoms with van der Waals surface area (Å²) in [4.78, 5) is 21.4. The number of primary amides is 1. The van der Waals surface area contributed by atoms with Crippen LogP contribution in [-0.4, -0.2) is 38.0 Å². The number of rotatable bonds is 8. The lowest BCUT2D eigenvalue weighted by Crippen LogP contribution is -2.13. The van der Waals surface area contributed by atoms with Gasteiger partial charge in [0.15, 0.2) is 11.5 Å². The normalized spacial score (nSPS) is 11.8. The third-order valence-corrected chi connectivity index (χ3v) is 4.44. The molecule has 0 spiro atoms. The average molecular weight is 462 g/mol. The maximum atomic E-state index is 13.1. The van der Waals surface area contributed by atoms with Crippen LogP contribution in [0.3, 0.4) is 0 Å². The fourth-order valence-corrected chi connectivity index (χ4v) is 3.04. The number of oxazole rings is 2. The highest BCUT2D eigenvalue weighted by Gasteiger charge is 2.31. The van der Waals surface area contributed by atoms with Crippen LogP contribution in [0.5, 0.6) is 0 Å². The third-order valence-electron chi connectivity index (χ3n) is 4.44. The van der Waals surface area contributed by atoms with Crippen molar-refractivity contribution < 1.29 is 31.5 Å². The Morgan fingerprint density at radius 3 is 2.76 bits per heavy atom. The van der Waals surface area contributed by atoms with Gasteiger partial charge in [0.05, 0.1) is 30.5 Å². The fraction of sp³-hybridized carbons (Fsp3) is 0.250. The van der Waals surface area contributed by atoms with Crippen molar-refractivity contribution >= 4 is 5.91 Å². The summed E-state index contributed by atoms with van der Waals surface area (Å²) in [5.41, 5.74) is 5.27. The van der Waals surface area contributed by atoms with Crippen LogP contribution in [0.1, 0.15) is 39.2 Å². The van der Waals surface area contributed by atoms with Crippen molar-refractivity contribution in [3.05, 3.63) is 71.2 Å². The van der Waals surface area contributed by atoms with Gasteiger partial charge in [-0.1, -0.05) is 12.1 Å². The van der Waals surface area contributed by atoms with Gasteiger partial charge in [-0.3, -0.25) is 4.79 Å². The van der Waals surface area contributed by atoms with Crippen LogP contribution in [0.15, 0.2) is 45.6 Å². The summed E-state index contributed by atoms with van der Waals surface area (Å²) in [6.07, 6.45) is -1.61. The number of hydrogen-bond acceptors (Lipinski definition) is 8. The van der Waals surface area contributed by atoms with E-state index in [1.54, 1.807) is 7.11 Å². The predicted octanol–water partition coefficient (Wildman–Crippen LogP) is 2.82. The Balaban J connectivity index is 1.54. The average Bonchev–Trinajstić information content (AvgIpc) is 3.49. The molecule has 0 aliphatic heterocycles. The van der Waals surface area contributed by atoms with Crippen LogP contribution in [0.25, 0.3) is 11.3 Å². The molecule has 1 aromatic carbocycles. The molecule has 2 N–H and O–H groups in total. The lowest BCUT2D eigenvalue weighted by atomic mass is 10.1. The molecule has 172 valence electrons. The van der Waals surface area contributed by atoms with Crippen molar-refractivity contribution in [2.24, 2.45) is 5.73 Å². The van der Waals surface area contributed by atoms with Gasteiger partial charge in [0.1, 0.15) is 18.5 Å². The van der Waals surface area contributed by atoms with Gasteiger partial charge in [0, 0.05) is 12.7 Å². The van der Waals surface area contributed by atoms with Crippen molar-refractivity contribution in [1.82, 2.24) is 25.0 Å². The SMILES string of the molecule is COCc1coc(Cn2ncc(Cc3nc(C(N)=O)c(-c4cccc(C(F)(F)F)c4)o3)n2)n1. The Bertz CT molecular complexity index is 1280. The zero-order valence-electron chi connectivity index (χ0n) is 17.2. The number of carbonyl (C=O) groups is 1. The highest BCUT2D eigenvalue weighted by Crippen LogP contribution is 2.33. The number of nitrogens with two attached hydrogens (primary N) is 1. The zero-order chi connectivity index (χ0) is 23.6. The maximum absolute atomic E-state index is 13.1. The Labute approximate surface area is 184 Å². The lowest BCUT2D eigenvalue weighted by molar-refractivity contribution is -0.137. The molecule has 4 aromatic rings. The van der Waals surface area contributed by atoms with Crippen molar-refractivity contribution in [3.8, 4) is 11.3 Å². The summed E-state index contributed by atoms with van der Waals surface area (Å²) in [7, 11) is 1.54. The van der Waals surface area contributed by atoms with E-state index in [0.717, 1.165) is 12.1 Å². The molecular weight excluding hydrogens is 445 g/mol. The molecule has 4 rings (SSSR count). The number of amides is 1. The first kappa shape index (κ1) is 22.2. The third kappa shape index (κ3) is 5.09. The molecule has 0 saturated heterocycles. The van der Waals surface area contributed by atoms with Gasteiger partial charge >= 0.3 is 6.18 Å². The fourth-order valence-electron chi connectivity index (χ4n) is 3.04. The number of hydrogen-bond donors (Lipinski definition) is 1. The van der Waals surface area contributed by atoms with E-state index in [-0.39, 0.29) is 35.9 Å². The van der Waals surface area contributed by atoms with Gasteiger partial charge in [-0.2, -0.15) is 28.2 Å². The second-order valence-corrected chi connectivity index (χ2v) is 6.94. The molecule has 0 unspecified atom stereocenters. The number of halogens is 3. The van der Waals surface area contributed by atoms with Gasteiger partial charge in [-0.25, -0.2) is 9.97 Å². The maximum Gasteiger partial charge on any atom is 0.416 e.